The lowest BCUT2D eigenvalue weighted by Gasteiger charge is -2.35. The number of hydrogen-bond acceptors (Lipinski definition) is 4. The normalized spacial score (nSPS) is 23.6. The molecule has 126 valence electrons. The van der Waals surface area contributed by atoms with Crippen LogP contribution in [0, 0.1) is 5.92 Å². The molecule has 3 fully saturated rings. The SMILES string of the molecule is COc1ccc(C(=O)N2C[C@@H]3CC[C@H]2CN(C(=O)N(C)C)C3)o1. The zero-order valence-corrected chi connectivity index (χ0v) is 13.8. The van der Waals surface area contributed by atoms with E-state index in [1.54, 1.807) is 31.1 Å². The molecule has 7 nitrogen and oxygen atoms in total. The first-order valence-electron chi connectivity index (χ1n) is 7.90. The van der Waals surface area contributed by atoms with Gasteiger partial charge in [-0.3, -0.25) is 4.79 Å². The molecule has 0 aromatic carbocycles. The fraction of sp³-hybridized carbons (Fsp3) is 0.625. The first-order chi connectivity index (χ1) is 11.0. The van der Waals surface area contributed by atoms with E-state index in [1.807, 2.05) is 9.80 Å². The number of rotatable bonds is 2. The van der Waals surface area contributed by atoms with E-state index >= 15 is 0 Å². The lowest BCUT2D eigenvalue weighted by atomic mass is 9.95. The van der Waals surface area contributed by atoms with Crippen molar-refractivity contribution in [2.24, 2.45) is 5.92 Å². The third-order valence-corrected chi connectivity index (χ3v) is 4.62. The van der Waals surface area contributed by atoms with Gasteiger partial charge in [0.15, 0.2) is 5.76 Å². The predicted octanol–water partition coefficient (Wildman–Crippen LogP) is 1.51. The summed E-state index contributed by atoms with van der Waals surface area (Å²) in [6, 6.07) is 3.34. The van der Waals surface area contributed by atoms with E-state index in [-0.39, 0.29) is 18.0 Å². The number of nitrogens with zero attached hydrogens (tertiary/aromatic N) is 3. The summed E-state index contributed by atoms with van der Waals surface area (Å²) in [5.74, 6) is 0.818. The molecule has 3 amide bonds. The molecule has 4 rings (SSSR count). The average Bonchev–Trinajstić information content (AvgIpc) is 2.84. The summed E-state index contributed by atoms with van der Waals surface area (Å²) in [5.41, 5.74) is 0. The van der Waals surface area contributed by atoms with Gasteiger partial charge in [-0.2, -0.15) is 0 Å². The van der Waals surface area contributed by atoms with Gasteiger partial charge in [-0.1, -0.05) is 0 Å². The second kappa shape index (κ2) is 6.14. The molecule has 2 bridgehead atoms. The number of carbonyl (C=O) groups excluding carboxylic acids is 2. The summed E-state index contributed by atoms with van der Waals surface area (Å²) in [5, 5.41) is 0. The van der Waals surface area contributed by atoms with Crippen molar-refractivity contribution in [3.05, 3.63) is 17.9 Å². The van der Waals surface area contributed by atoms with Crippen LogP contribution in [0.15, 0.2) is 16.5 Å². The van der Waals surface area contributed by atoms with Gasteiger partial charge in [0.2, 0.25) is 0 Å². The summed E-state index contributed by atoms with van der Waals surface area (Å²) < 4.78 is 10.4. The molecule has 1 aromatic rings. The van der Waals surface area contributed by atoms with Crippen LogP contribution in [0.25, 0.3) is 0 Å². The summed E-state index contributed by atoms with van der Waals surface area (Å²) in [6.07, 6.45) is 1.97. The molecule has 0 radical (unpaired) electrons. The number of amides is 3. The monoisotopic (exact) mass is 321 g/mol. The van der Waals surface area contributed by atoms with E-state index in [2.05, 4.69) is 0 Å². The molecular formula is C16H23N3O4. The highest BCUT2D eigenvalue weighted by atomic mass is 16.6. The highest BCUT2D eigenvalue weighted by Gasteiger charge is 2.39. The number of hydrogen-bond donors (Lipinski definition) is 0. The molecule has 3 aliphatic rings. The van der Waals surface area contributed by atoms with Crippen LogP contribution in [0.3, 0.4) is 0 Å². The molecule has 3 saturated heterocycles. The van der Waals surface area contributed by atoms with Crippen LogP contribution in [0.2, 0.25) is 0 Å². The molecule has 2 atom stereocenters. The predicted molar refractivity (Wildman–Crippen MR) is 83.5 cm³/mol. The minimum absolute atomic E-state index is 0.0101. The van der Waals surface area contributed by atoms with Gasteiger partial charge in [-0.25, -0.2) is 4.79 Å². The molecule has 0 unspecified atom stereocenters. The van der Waals surface area contributed by atoms with Crippen molar-refractivity contribution in [1.82, 2.24) is 14.7 Å². The van der Waals surface area contributed by atoms with Gasteiger partial charge in [0.05, 0.1) is 7.11 Å². The first-order valence-corrected chi connectivity index (χ1v) is 7.90. The minimum Gasteiger partial charge on any atom is -0.468 e. The Hall–Kier alpha value is -2.18. The van der Waals surface area contributed by atoms with E-state index < -0.39 is 0 Å². The van der Waals surface area contributed by atoms with Crippen LogP contribution < -0.4 is 4.74 Å². The standard InChI is InChI=1S/C16H23N3O4/c1-17(2)16(21)18-8-11-4-5-12(10-18)19(9-11)15(20)13-6-7-14(22-3)23-13/h6-7,11-12H,4-5,8-10H2,1-3H3/t11-,12+/m1/s1. The van der Waals surface area contributed by atoms with Crippen molar-refractivity contribution in [3.63, 3.8) is 0 Å². The fourth-order valence-electron chi connectivity index (χ4n) is 3.46. The zero-order valence-electron chi connectivity index (χ0n) is 13.8. The summed E-state index contributed by atoms with van der Waals surface area (Å²) in [4.78, 5) is 30.3. The number of ether oxygens (including phenoxy) is 1. The topological polar surface area (TPSA) is 66.2 Å². The average molecular weight is 321 g/mol. The molecule has 23 heavy (non-hydrogen) atoms. The van der Waals surface area contributed by atoms with E-state index in [0.29, 0.717) is 37.3 Å². The molecular weight excluding hydrogens is 298 g/mol. The van der Waals surface area contributed by atoms with Crippen molar-refractivity contribution in [1.29, 1.82) is 0 Å². The van der Waals surface area contributed by atoms with Crippen LogP contribution in [0.1, 0.15) is 23.4 Å². The molecule has 4 heterocycles. The molecule has 0 N–H and O–H groups in total. The maximum atomic E-state index is 12.7. The van der Waals surface area contributed by atoms with Gasteiger partial charge >= 0.3 is 6.03 Å². The molecule has 3 aliphatic heterocycles. The Morgan fingerprint density at radius 1 is 1.22 bits per heavy atom. The summed E-state index contributed by atoms with van der Waals surface area (Å²) in [6.45, 7) is 1.96. The number of methoxy groups -OCH3 is 1. The van der Waals surface area contributed by atoms with Crippen molar-refractivity contribution in [2.45, 2.75) is 18.9 Å². The number of carbonyl (C=O) groups is 2. The Morgan fingerprint density at radius 2 is 2.00 bits per heavy atom. The second-order valence-electron chi connectivity index (χ2n) is 6.46. The maximum Gasteiger partial charge on any atom is 0.319 e. The van der Waals surface area contributed by atoms with Crippen LogP contribution in [0.5, 0.6) is 5.95 Å². The van der Waals surface area contributed by atoms with Crippen LogP contribution in [-0.2, 0) is 0 Å². The molecule has 0 aliphatic carbocycles. The summed E-state index contributed by atoms with van der Waals surface area (Å²) in [7, 11) is 5.02. The van der Waals surface area contributed by atoms with E-state index in [9.17, 15) is 9.59 Å². The Kier molecular flexibility index (Phi) is 4.19. The van der Waals surface area contributed by atoms with E-state index in [4.69, 9.17) is 9.15 Å². The van der Waals surface area contributed by atoms with Crippen molar-refractivity contribution < 1.29 is 18.7 Å². The Labute approximate surface area is 135 Å². The number of fused-ring (bicyclic) bond motifs is 4. The van der Waals surface area contributed by atoms with Crippen molar-refractivity contribution in [3.8, 4) is 5.95 Å². The Balaban J connectivity index is 1.77. The molecule has 7 heteroatoms. The van der Waals surface area contributed by atoms with Gasteiger partial charge in [-0.15, -0.1) is 0 Å². The zero-order chi connectivity index (χ0) is 16.6. The van der Waals surface area contributed by atoms with Gasteiger partial charge < -0.3 is 23.9 Å². The van der Waals surface area contributed by atoms with Crippen LogP contribution >= 0.6 is 0 Å². The Bertz CT molecular complexity index is 598. The van der Waals surface area contributed by atoms with E-state index in [0.717, 1.165) is 12.8 Å². The van der Waals surface area contributed by atoms with Crippen molar-refractivity contribution in [2.75, 3.05) is 40.8 Å². The number of piperidine rings is 1. The third-order valence-electron chi connectivity index (χ3n) is 4.62. The summed E-state index contributed by atoms with van der Waals surface area (Å²) >= 11 is 0. The molecule has 1 aromatic heterocycles. The van der Waals surface area contributed by atoms with Gasteiger partial charge in [0.25, 0.3) is 11.9 Å². The highest BCUT2D eigenvalue weighted by Crippen LogP contribution is 2.30. The Morgan fingerprint density at radius 3 is 2.65 bits per heavy atom. The lowest BCUT2D eigenvalue weighted by molar-refractivity contribution is 0.0548. The van der Waals surface area contributed by atoms with Gasteiger partial charge in [-0.05, 0) is 24.8 Å². The third kappa shape index (κ3) is 3.00. The second-order valence-corrected chi connectivity index (χ2v) is 6.46. The quantitative estimate of drug-likeness (QED) is 0.828. The van der Waals surface area contributed by atoms with Crippen molar-refractivity contribution >= 4 is 11.9 Å². The van der Waals surface area contributed by atoms with Crippen LogP contribution in [0.4, 0.5) is 4.79 Å². The number of urea groups is 1. The van der Waals surface area contributed by atoms with Gasteiger partial charge in [0, 0.05) is 45.8 Å². The maximum absolute atomic E-state index is 12.7. The smallest absolute Gasteiger partial charge is 0.319 e. The highest BCUT2D eigenvalue weighted by molar-refractivity contribution is 5.92. The minimum atomic E-state index is -0.123. The molecule has 0 spiro atoms. The fourth-order valence-corrected chi connectivity index (χ4v) is 3.46. The van der Waals surface area contributed by atoms with Gasteiger partial charge in [0.1, 0.15) is 0 Å². The number of furan rings is 1. The molecule has 0 saturated carbocycles. The van der Waals surface area contributed by atoms with Crippen LogP contribution in [-0.4, -0.2) is 73.5 Å². The van der Waals surface area contributed by atoms with E-state index in [1.165, 1.54) is 7.11 Å². The first kappa shape index (κ1) is 15.7. The lowest BCUT2D eigenvalue weighted by Crippen LogP contribution is -2.48. The largest absolute Gasteiger partial charge is 0.468 e.